The van der Waals surface area contributed by atoms with Crippen LogP contribution in [0.4, 0.5) is 0 Å². The minimum atomic E-state index is -3.48. The molecule has 0 aromatic heterocycles. The smallest absolute Gasteiger partial charge is 0.243 e. The van der Waals surface area contributed by atoms with E-state index in [1.54, 1.807) is 28.6 Å². The number of ether oxygens (including phenoxy) is 2. The zero-order valence-corrected chi connectivity index (χ0v) is 12.1. The maximum absolute atomic E-state index is 12.8. The SMILES string of the molecule is O=S(=O)(c1ccccc1)N1CCCCC1C1OCCO1. The molecule has 0 radical (unpaired) electrons. The Morgan fingerprint density at radius 2 is 1.75 bits per heavy atom. The fraction of sp³-hybridized carbons (Fsp3) is 0.571. The van der Waals surface area contributed by atoms with Gasteiger partial charge in [0.05, 0.1) is 24.2 Å². The molecular formula is C14H19NO4S. The van der Waals surface area contributed by atoms with E-state index in [0.29, 0.717) is 24.7 Å². The minimum Gasteiger partial charge on any atom is -0.349 e. The molecule has 2 aliphatic heterocycles. The van der Waals surface area contributed by atoms with Crippen LogP contribution >= 0.6 is 0 Å². The summed E-state index contributed by atoms with van der Waals surface area (Å²) in [4.78, 5) is 0.338. The van der Waals surface area contributed by atoms with Crippen LogP contribution in [0.3, 0.4) is 0 Å². The molecule has 1 aromatic rings. The molecule has 0 spiro atoms. The van der Waals surface area contributed by atoms with Crippen molar-refractivity contribution in [2.24, 2.45) is 0 Å². The van der Waals surface area contributed by atoms with Gasteiger partial charge in [0.15, 0.2) is 6.29 Å². The van der Waals surface area contributed by atoms with Gasteiger partial charge >= 0.3 is 0 Å². The summed E-state index contributed by atoms with van der Waals surface area (Å²) in [6.07, 6.45) is 2.26. The second kappa shape index (κ2) is 5.81. The van der Waals surface area contributed by atoms with Gasteiger partial charge in [0, 0.05) is 6.54 Å². The Hall–Kier alpha value is -0.950. The summed E-state index contributed by atoms with van der Waals surface area (Å²) in [5, 5.41) is 0. The van der Waals surface area contributed by atoms with Crippen molar-refractivity contribution >= 4 is 10.0 Å². The van der Waals surface area contributed by atoms with Gasteiger partial charge in [-0.3, -0.25) is 0 Å². The van der Waals surface area contributed by atoms with E-state index in [1.165, 1.54) is 0 Å². The summed E-state index contributed by atoms with van der Waals surface area (Å²) in [5.41, 5.74) is 0. The molecule has 6 heteroatoms. The Balaban J connectivity index is 1.89. The fourth-order valence-corrected chi connectivity index (χ4v) is 4.53. The fourth-order valence-electron chi connectivity index (χ4n) is 2.83. The third-order valence-corrected chi connectivity index (χ3v) is 5.75. The van der Waals surface area contributed by atoms with Gasteiger partial charge in [-0.15, -0.1) is 0 Å². The Morgan fingerprint density at radius 1 is 1.05 bits per heavy atom. The first kappa shape index (κ1) is 14.0. The van der Waals surface area contributed by atoms with Crippen molar-refractivity contribution in [1.82, 2.24) is 4.31 Å². The molecule has 0 bridgehead atoms. The van der Waals surface area contributed by atoms with E-state index in [0.717, 1.165) is 19.3 Å². The van der Waals surface area contributed by atoms with Crippen LogP contribution in [0.1, 0.15) is 19.3 Å². The summed E-state index contributed by atoms with van der Waals surface area (Å²) in [6.45, 7) is 1.62. The van der Waals surface area contributed by atoms with E-state index in [4.69, 9.17) is 9.47 Å². The van der Waals surface area contributed by atoms with Gasteiger partial charge in [-0.1, -0.05) is 24.6 Å². The highest BCUT2D eigenvalue weighted by Crippen LogP contribution is 2.29. The summed E-state index contributed by atoms with van der Waals surface area (Å²) < 4.78 is 38.1. The van der Waals surface area contributed by atoms with Crippen molar-refractivity contribution in [1.29, 1.82) is 0 Å². The van der Waals surface area contributed by atoms with Crippen LogP contribution < -0.4 is 0 Å². The third kappa shape index (κ3) is 2.61. The molecule has 1 aromatic carbocycles. The lowest BCUT2D eigenvalue weighted by Crippen LogP contribution is -2.50. The Morgan fingerprint density at radius 3 is 2.45 bits per heavy atom. The Bertz CT molecular complexity index is 540. The molecule has 2 saturated heterocycles. The quantitative estimate of drug-likeness (QED) is 0.850. The average Bonchev–Trinajstić information content (AvgIpc) is 3.02. The van der Waals surface area contributed by atoms with Crippen molar-refractivity contribution in [2.45, 2.75) is 36.5 Å². The maximum atomic E-state index is 12.8. The number of rotatable bonds is 3. The first-order valence-electron chi connectivity index (χ1n) is 7.00. The zero-order valence-electron chi connectivity index (χ0n) is 11.3. The molecule has 1 atom stereocenters. The number of hydrogen-bond acceptors (Lipinski definition) is 4. The summed E-state index contributed by atoms with van der Waals surface area (Å²) >= 11 is 0. The van der Waals surface area contributed by atoms with E-state index < -0.39 is 16.3 Å². The van der Waals surface area contributed by atoms with Crippen LogP contribution in [0, 0.1) is 0 Å². The van der Waals surface area contributed by atoms with E-state index in [-0.39, 0.29) is 6.04 Å². The summed E-state index contributed by atoms with van der Waals surface area (Å²) in [5.74, 6) is 0. The number of nitrogens with zero attached hydrogens (tertiary/aromatic N) is 1. The maximum Gasteiger partial charge on any atom is 0.243 e. The van der Waals surface area contributed by atoms with E-state index >= 15 is 0 Å². The molecule has 0 aliphatic carbocycles. The number of piperidine rings is 1. The molecule has 110 valence electrons. The zero-order chi connectivity index (χ0) is 14.0. The van der Waals surface area contributed by atoms with Crippen molar-refractivity contribution in [3.63, 3.8) is 0 Å². The van der Waals surface area contributed by atoms with Crippen molar-refractivity contribution in [3.8, 4) is 0 Å². The van der Waals surface area contributed by atoms with Gasteiger partial charge in [0.2, 0.25) is 10.0 Å². The van der Waals surface area contributed by atoms with Crippen LogP contribution in [-0.2, 0) is 19.5 Å². The van der Waals surface area contributed by atoms with E-state index in [2.05, 4.69) is 0 Å². The monoisotopic (exact) mass is 297 g/mol. The van der Waals surface area contributed by atoms with Gasteiger partial charge < -0.3 is 9.47 Å². The highest BCUT2D eigenvalue weighted by Gasteiger charge is 2.40. The van der Waals surface area contributed by atoms with Gasteiger partial charge in [0.25, 0.3) is 0 Å². The lowest BCUT2D eigenvalue weighted by molar-refractivity contribution is -0.0913. The molecule has 0 amide bonds. The van der Waals surface area contributed by atoms with Gasteiger partial charge in [-0.05, 0) is 25.0 Å². The van der Waals surface area contributed by atoms with Crippen LogP contribution in [0.5, 0.6) is 0 Å². The average molecular weight is 297 g/mol. The first-order chi connectivity index (χ1) is 9.69. The van der Waals surface area contributed by atoms with Crippen LogP contribution in [-0.4, -0.2) is 44.8 Å². The highest BCUT2D eigenvalue weighted by atomic mass is 32.2. The van der Waals surface area contributed by atoms with Gasteiger partial charge in [-0.2, -0.15) is 4.31 Å². The van der Waals surface area contributed by atoms with Crippen molar-refractivity contribution < 1.29 is 17.9 Å². The predicted molar refractivity (Wildman–Crippen MR) is 73.7 cm³/mol. The molecule has 1 unspecified atom stereocenters. The summed E-state index contributed by atoms with van der Waals surface area (Å²) in [7, 11) is -3.48. The molecule has 0 N–H and O–H groups in total. The van der Waals surface area contributed by atoms with Crippen LogP contribution in [0.15, 0.2) is 35.2 Å². The van der Waals surface area contributed by atoms with Gasteiger partial charge in [0.1, 0.15) is 0 Å². The Kier molecular flexibility index (Phi) is 4.07. The second-order valence-electron chi connectivity index (χ2n) is 5.10. The van der Waals surface area contributed by atoms with Crippen molar-refractivity contribution in [2.75, 3.05) is 19.8 Å². The predicted octanol–water partition coefficient (Wildman–Crippen LogP) is 1.60. The van der Waals surface area contributed by atoms with Crippen LogP contribution in [0.2, 0.25) is 0 Å². The van der Waals surface area contributed by atoms with E-state index in [1.807, 2.05) is 6.07 Å². The minimum absolute atomic E-state index is 0.212. The third-order valence-electron chi connectivity index (χ3n) is 3.81. The largest absolute Gasteiger partial charge is 0.349 e. The molecular weight excluding hydrogens is 278 g/mol. The van der Waals surface area contributed by atoms with Crippen LogP contribution in [0.25, 0.3) is 0 Å². The Labute approximate surface area is 119 Å². The summed E-state index contributed by atoms with van der Waals surface area (Å²) in [6, 6.07) is 8.37. The molecule has 5 nitrogen and oxygen atoms in total. The van der Waals surface area contributed by atoms with Crippen molar-refractivity contribution in [3.05, 3.63) is 30.3 Å². The number of sulfonamides is 1. The molecule has 0 saturated carbocycles. The van der Waals surface area contributed by atoms with Gasteiger partial charge in [-0.25, -0.2) is 8.42 Å². The first-order valence-corrected chi connectivity index (χ1v) is 8.44. The normalized spacial score (nSPS) is 25.9. The lowest BCUT2D eigenvalue weighted by Gasteiger charge is -2.36. The molecule has 2 heterocycles. The second-order valence-corrected chi connectivity index (χ2v) is 6.99. The highest BCUT2D eigenvalue weighted by molar-refractivity contribution is 7.89. The lowest BCUT2D eigenvalue weighted by atomic mass is 10.0. The number of hydrogen-bond donors (Lipinski definition) is 0. The van der Waals surface area contributed by atoms with E-state index in [9.17, 15) is 8.42 Å². The standard InChI is InChI=1S/C14H19NO4S/c16-20(17,12-6-2-1-3-7-12)15-9-5-4-8-13(15)14-18-10-11-19-14/h1-3,6-7,13-14H,4-5,8-11H2. The topological polar surface area (TPSA) is 55.8 Å². The molecule has 20 heavy (non-hydrogen) atoms. The molecule has 3 rings (SSSR count). The molecule has 2 fully saturated rings. The molecule has 2 aliphatic rings. The number of benzene rings is 1.